The molecule has 3 N–H and O–H groups in total. The third-order valence-electron chi connectivity index (χ3n) is 3.07. The van der Waals surface area contributed by atoms with Crippen LogP contribution < -0.4 is 5.73 Å². The maximum absolute atomic E-state index is 9.95. The molecule has 11 heavy (non-hydrogen) atoms. The van der Waals surface area contributed by atoms with Gasteiger partial charge in [0.15, 0.2) is 0 Å². The third-order valence-corrected chi connectivity index (χ3v) is 3.07. The molecule has 0 aromatic carbocycles. The van der Waals surface area contributed by atoms with Gasteiger partial charge in [-0.2, -0.15) is 0 Å². The van der Waals surface area contributed by atoms with Gasteiger partial charge in [0.2, 0.25) is 0 Å². The zero-order chi connectivity index (χ0) is 7.90. The van der Waals surface area contributed by atoms with Gasteiger partial charge in [0, 0.05) is 0 Å². The van der Waals surface area contributed by atoms with Gasteiger partial charge >= 0.3 is 0 Å². The van der Waals surface area contributed by atoms with Crippen molar-refractivity contribution in [1.29, 1.82) is 0 Å². The third kappa shape index (κ3) is 1.08. The van der Waals surface area contributed by atoms with E-state index in [1.807, 2.05) is 0 Å². The molecule has 3 unspecified atom stereocenters. The highest BCUT2D eigenvalue weighted by Crippen LogP contribution is 2.48. The summed E-state index contributed by atoms with van der Waals surface area (Å²) in [5.41, 5.74) is 4.74. The van der Waals surface area contributed by atoms with Crippen LogP contribution in [0.2, 0.25) is 0 Å². The molecule has 2 saturated carbocycles. The van der Waals surface area contributed by atoms with Gasteiger partial charge in [-0.3, -0.25) is 0 Å². The zero-order valence-corrected chi connectivity index (χ0v) is 6.62. The minimum Gasteiger partial charge on any atom is -0.387 e. The van der Waals surface area contributed by atoms with Gasteiger partial charge in [-0.15, -0.1) is 0 Å². The van der Waals surface area contributed by atoms with Crippen molar-refractivity contribution >= 4 is 0 Å². The summed E-state index contributed by atoms with van der Waals surface area (Å²) >= 11 is 0. The summed E-state index contributed by atoms with van der Waals surface area (Å²) in [7, 11) is 0. The Bertz CT molecular complexity index is 162. The molecule has 0 aliphatic heterocycles. The van der Waals surface area contributed by atoms with Crippen LogP contribution in [0.15, 0.2) is 0 Å². The molecule has 64 valence electrons. The van der Waals surface area contributed by atoms with Crippen molar-refractivity contribution in [2.24, 2.45) is 11.7 Å². The molecular formula is C8H15NO2. The van der Waals surface area contributed by atoms with E-state index in [1.54, 1.807) is 0 Å². The maximum atomic E-state index is 9.95. The molecule has 2 aliphatic rings. The van der Waals surface area contributed by atoms with Crippen LogP contribution in [0.4, 0.5) is 0 Å². The molecule has 0 saturated heterocycles. The SMILES string of the molecule is NCOC1CC2CCC1(O)C2. The minimum absolute atomic E-state index is 0.0197. The second kappa shape index (κ2) is 2.44. The second-order valence-electron chi connectivity index (χ2n) is 3.77. The molecule has 2 fully saturated rings. The van der Waals surface area contributed by atoms with Gasteiger partial charge in [-0.25, -0.2) is 0 Å². The Morgan fingerprint density at radius 1 is 1.64 bits per heavy atom. The molecule has 3 atom stereocenters. The first kappa shape index (κ1) is 7.53. The van der Waals surface area contributed by atoms with E-state index in [2.05, 4.69) is 0 Å². The van der Waals surface area contributed by atoms with Crippen molar-refractivity contribution in [3.63, 3.8) is 0 Å². The number of hydrogen-bond acceptors (Lipinski definition) is 3. The second-order valence-corrected chi connectivity index (χ2v) is 3.77. The predicted molar refractivity (Wildman–Crippen MR) is 40.8 cm³/mol. The number of ether oxygens (including phenoxy) is 1. The van der Waals surface area contributed by atoms with Crippen molar-refractivity contribution in [3.8, 4) is 0 Å². The van der Waals surface area contributed by atoms with Crippen molar-refractivity contribution < 1.29 is 9.84 Å². The normalized spacial score (nSPS) is 48.5. The highest BCUT2D eigenvalue weighted by molar-refractivity contribution is 5.03. The van der Waals surface area contributed by atoms with Gasteiger partial charge in [0.1, 0.15) is 0 Å². The molecule has 2 bridgehead atoms. The number of fused-ring (bicyclic) bond motifs is 2. The summed E-state index contributed by atoms with van der Waals surface area (Å²) in [5, 5.41) is 9.95. The summed E-state index contributed by atoms with van der Waals surface area (Å²) in [4.78, 5) is 0. The van der Waals surface area contributed by atoms with Crippen LogP contribution in [0.1, 0.15) is 25.7 Å². The average molecular weight is 157 g/mol. The Labute approximate surface area is 66.5 Å². The lowest BCUT2D eigenvalue weighted by Crippen LogP contribution is -2.39. The fourth-order valence-electron chi connectivity index (χ4n) is 2.51. The predicted octanol–water partition coefficient (Wildman–Crippen LogP) is 0.223. The summed E-state index contributed by atoms with van der Waals surface area (Å²) in [6.07, 6.45) is 4.03. The van der Waals surface area contributed by atoms with E-state index in [9.17, 15) is 5.11 Å². The van der Waals surface area contributed by atoms with Gasteiger partial charge in [0.25, 0.3) is 0 Å². The average Bonchev–Trinajstić information content (AvgIpc) is 2.44. The van der Waals surface area contributed by atoms with Crippen LogP contribution in [0.3, 0.4) is 0 Å². The molecule has 0 heterocycles. The maximum Gasteiger partial charge on any atom is 0.0945 e. The first-order valence-corrected chi connectivity index (χ1v) is 4.29. The molecule has 3 heteroatoms. The van der Waals surface area contributed by atoms with Crippen LogP contribution in [0.25, 0.3) is 0 Å². The highest BCUT2D eigenvalue weighted by Gasteiger charge is 2.51. The summed E-state index contributed by atoms with van der Waals surface area (Å²) in [5.74, 6) is 0.691. The number of hydrogen-bond donors (Lipinski definition) is 2. The molecule has 3 nitrogen and oxygen atoms in total. The monoisotopic (exact) mass is 157 g/mol. The molecule has 0 radical (unpaired) electrons. The summed E-state index contributed by atoms with van der Waals surface area (Å²) in [6, 6.07) is 0. The quantitative estimate of drug-likeness (QED) is 0.564. The Kier molecular flexibility index (Phi) is 1.67. The smallest absolute Gasteiger partial charge is 0.0945 e. The molecule has 0 spiro atoms. The van der Waals surface area contributed by atoms with Crippen molar-refractivity contribution in [2.75, 3.05) is 6.73 Å². The topological polar surface area (TPSA) is 55.5 Å². The van der Waals surface area contributed by atoms with Gasteiger partial charge in [0.05, 0.1) is 18.4 Å². The Morgan fingerprint density at radius 3 is 2.91 bits per heavy atom. The van der Waals surface area contributed by atoms with E-state index < -0.39 is 5.60 Å². The lowest BCUT2D eigenvalue weighted by atomic mass is 9.94. The van der Waals surface area contributed by atoms with Crippen LogP contribution in [0.5, 0.6) is 0 Å². The molecule has 2 aliphatic carbocycles. The van der Waals surface area contributed by atoms with Gasteiger partial charge in [-0.1, -0.05) is 0 Å². The van der Waals surface area contributed by atoms with Crippen LogP contribution in [-0.4, -0.2) is 23.5 Å². The number of rotatable bonds is 2. The van der Waals surface area contributed by atoms with Crippen molar-refractivity contribution in [2.45, 2.75) is 37.4 Å². The minimum atomic E-state index is -0.524. The van der Waals surface area contributed by atoms with Crippen LogP contribution in [0, 0.1) is 5.92 Å². The van der Waals surface area contributed by atoms with E-state index in [0.29, 0.717) is 5.92 Å². The van der Waals surface area contributed by atoms with E-state index in [4.69, 9.17) is 10.5 Å². The van der Waals surface area contributed by atoms with Gasteiger partial charge in [-0.05, 0) is 31.6 Å². The molecular weight excluding hydrogens is 142 g/mol. The molecule has 0 aromatic heterocycles. The molecule has 0 aromatic rings. The van der Waals surface area contributed by atoms with Crippen LogP contribution >= 0.6 is 0 Å². The van der Waals surface area contributed by atoms with Crippen LogP contribution in [-0.2, 0) is 4.74 Å². The van der Waals surface area contributed by atoms with E-state index >= 15 is 0 Å². The lowest BCUT2D eigenvalue weighted by molar-refractivity contribution is -0.0925. The first-order valence-electron chi connectivity index (χ1n) is 4.29. The Balaban J connectivity index is 2.03. The molecule has 2 rings (SSSR count). The summed E-state index contributed by atoms with van der Waals surface area (Å²) < 4.78 is 5.27. The van der Waals surface area contributed by atoms with E-state index in [0.717, 1.165) is 19.3 Å². The lowest BCUT2D eigenvalue weighted by Gasteiger charge is -2.29. The van der Waals surface area contributed by atoms with Crippen molar-refractivity contribution in [3.05, 3.63) is 0 Å². The number of nitrogens with two attached hydrogens (primary N) is 1. The standard InChI is InChI=1S/C8H15NO2/c9-5-11-7-3-6-1-2-8(7,10)4-6/h6-7,10H,1-5,9H2. The fourth-order valence-corrected chi connectivity index (χ4v) is 2.51. The van der Waals surface area contributed by atoms with E-state index in [-0.39, 0.29) is 12.8 Å². The fraction of sp³-hybridized carbons (Fsp3) is 1.00. The highest BCUT2D eigenvalue weighted by atomic mass is 16.5. The van der Waals surface area contributed by atoms with Crippen molar-refractivity contribution in [1.82, 2.24) is 0 Å². The molecule has 0 amide bonds. The Hall–Kier alpha value is -0.120. The first-order chi connectivity index (χ1) is 5.24. The van der Waals surface area contributed by atoms with E-state index in [1.165, 1.54) is 6.42 Å². The summed E-state index contributed by atoms with van der Waals surface area (Å²) in [6.45, 7) is 0.236. The van der Waals surface area contributed by atoms with Gasteiger partial charge < -0.3 is 15.6 Å². The zero-order valence-electron chi connectivity index (χ0n) is 6.62. The number of aliphatic hydroxyl groups is 1. The largest absolute Gasteiger partial charge is 0.387 e. The Morgan fingerprint density at radius 2 is 2.45 bits per heavy atom.